The highest BCUT2D eigenvalue weighted by atomic mass is 19.1. The molecule has 0 fully saturated rings. The Balaban J connectivity index is 2.08. The molecule has 24 heavy (non-hydrogen) atoms. The number of carbonyl (C=O) groups excluding carboxylic acids is 1. The van der Waals surface area contributed by atoms with Gasteiger partial charge >= 0.3 is 0 Å². The molecule has 0 unspecified atom stereocenters. The molecule has 0 bridgehead atoms. The zero-order chi connectivity index (χ0) is 17.1. The Kier molecular flexibility index (Phi) is 4.52. The van der Waals surface area contributed by atoms with E-state index in [9.17, 15) is 9.18 Å². The quantitative estimate of drug-likeness (QED) is 0.729. The lowest BCUT2D eigenvalue weighted by Gasteiger charge is -2.09. The first-order valence-electron chi connectivity index (χ1n) is 7.46. The number of ether oxygens (including phenoxy) is 1. The molecule has 1 N–H and O–H groups in total. The molecule has 0 atom stereocenters. The first-order chi connectivity index (χ1) is 11.6. The minimum absolute atomic E-state index is 0.245. The van der Waals surface area contributed by atoms with Gasteiger partial charge in [-0.1, -0.05) is 12.1 Å². The number of aryl methyl sites for hydroxylation is 1. The van der Waals surface area contributed by atoms with Crippen LogP contribution >= 0.6 is 0 Å². The summed E-state index contributed by atoms with van der Waals surface area (Å²) >= 11 is 0. The molecule has 3 aromatic rings. The lowest BCUT2D eigenvalue weighted by molar-refractivity contribution is 0.0938. The number of aromatic nitrogens is 3. The van der Waals surface area contributed by atoms with E-state index in [1.165, 1.54) is 12.1 Å². The number of carbonyl (C=O) groups is 1. The average Bonchev–Trinajstić information content (AvgIpc) is 2.95. The van der Waals surface area contributed by atoms with Gasteiger partial charge < -0.3 is 10.1 Å². The fourth-order valence-corrected chi connectivity index (χ4v) is 2.46. The molecule has 2 heterocycles. The van der Waals surface area contributed by atoms with Crippen molar-refractivity contribution in [2.75, 3.05) is 20.3 Å². The van der Waals surface area contributed by atoms with Crippen LogP contribution in [-0.4, -0.2) is 40.9 Å². The fourth-order valence-electron chi connectivity index (χ4n) is 2.46. The van der Waals surface area contributed by atoms with E-state index in [1.54, 1.807) is 43.2 Å². The van der Waals surface area contributed by atoms with Crippen molar-refractivity contribution in [3.63, 3.8) is 0 Å². The summed E-state index contributed by atoms with van der Waals surface area (Å²) in [6, 6.07) is 7.76. The Hall–Kier alpha value is -2.80. The van der Waals surface area contributed by atoms with Gasteiger partial charge in [-0.25, -0.2) is 9.37 Å². The van der Waals surface area contributed by atoms with Crippen molar-refractivity contribution in [2.24, 2.45) is 7.05 Å². The normalized spacial score (nSPS) is 11.0. The third-order valence-corrected chi connectivity index (χ3v) is 3.66. The maximum atomic E-state index is 13.5. The average molecular weight is 328 g/mol. The number of hydrogen-bond acceptors (Lipinski definition) is 4. The molecule has 2 aromatic heterocycles. The van der Waals surface area contributed by atoms with Gasteiger partial charge in [0.2, 0.25) is 0 Å². The monoisotopic (exact) mass is 328 g/mol. The van der Waals surface area contributed by atoms with Crippen LogP contribution in [0, 0.1) is 5.82 Å². The molecule has 0 aliphatic carbocycles. The lowest BCUT2D eigenvalue weighted by atomic mass is 10.1. The van der Waals surface area contributed by atoms with Gasteiger partial charge in [0.25, 0.3) is 5.91 Å². The summed E-state index contributed by atoms with van der Waals surface area (Å²) in [5.74, 6) is -0.601. The topological polar surface area (TPSA) is 69.0 Å². The third-order valence-electron chi connectivity index (χ3n) is 3.66. The van der Waals surface area contributed by atoms with Crippen molar-refractivity contribution in [3.05, 3.63) is 47.9 Å². The van der Waals surface area contributed by atoms with E-state index in [1.807, 2.05) is 0 Å². The van der Waals surface area contributed by atoms with Crippen LogP contribution in [0.3, 0.4) is 0 Å². The Labute approximate surface area is 138 Å². The molecule has 0 aliphatic heterocycles. The van der Waals surface area contributed by atoms with Crippen LogP contribution < -0.4 is 5.32 Å². The highest BCUT2D eigenvalue weighted by Crippen LogP contribution is 2.25. The number of nitrogens with zero attached hydrogens (tertiary/aromatic N) is 3. The maximum absolute atomic E-state index is 13.5. The van der Waals surface area contributed by atoms with Gasteiger partial charge in [-0.3, -0.25) is 9.48 Å². The Morgan fingerprint density at radius 3 is 2.96 bits per heavy atom. The summed E-state index contributed by atoms with van der Waals surface area (Å²) in [5, 5.41) is 7.60. The number of methoxy groups -OCH3 is 1. The number of rotatable bonds is 5. The SMILES string of the molecule is COCCNC(=O)c1cc(-c2cccc(F)c2)nc2c1cnn2C. The second-order valence-corrected chi connectivity index (χ2v) is 5.32. The van der Waals surface area contributed by atoms with Crippen molar-refractivity contribution in [1.82, 2.24) is 20.1 Å². The van der Waals surface area contributed by atoms with Crippen LogP contribution in [-0.2, 0) is 11.8 Å². The smallest absolute Gasteiger partial charge is 0.252 e. The van der Waals surface area contributed by atoms with Crippen LogP contribution in [0.1, 0.15) is 10.4 Å². The molecule has 0 saturated heterocycles. The number of halogens is 1. The second kappa shape index (κ2) is 6.76. The maximum Gasteiger partial charge on any atom is 0.252 e. The van der Waals surface area contributed by atoms with Gasteiger partial charge in [-0.15, -0.1) is 0 Å². The van der Waals surface area contributed by atoms with Gasteiger partial charge in [0.05, 0.1) is 29.4 Å². The predicted octanol–water partition coefficient (Wildman–Crippen LogP) is 2.15. The summed E-state index contributed by atoms with van der Waals surface area (Å²) in [5.41, 5.74) is 2.13. The zero-order valence-electron chi connectivity index (χ0n) is 13.4. The first kappa shape index (κ1) is 16.1. The highest BCUT2D eigenvalue weighted by Gasteiger charge is 2.16. The summed E-state index contributed by atoms with van der Waals surface area (Å²) in [6.45, 7) is 0.818. The van der Waals surface area contributed by atoms with Gasteiger partial charge in [0, 0.05) is 26.3 Å². The summed E-state index contributed by atoms with van der Waals surface area (Å²) < 4.78 is 20.0. The molecule has 7 heteroatoms. The Morgan fingerprint density at radius 2 is 2.21 bits per heavy atom. The lowest BCUT2D eigenvalue weighted by Crippen LogP contribution is -2.27. The van der Waals surface area contributed by atoms with Gasteiger partial charge in [0.15, 0.2) is 5.65 Å². The van der Waals surface area contributed by atoms with Crippen LogP contribution in [0.15, 0.2) is 36.5 Å². The standard InChI is InChI=1S/C17H17FN4O2/c1-22-16-14(10-20-22)13(17(23)19-6-7-24-2)9-15(21-16)11-4-3-5-12(18)8-11/h3-5,8-10H,6-7H2,1-2H3,(H,19,23). The van der Waals surface area contributed by atoms with E-state index in [2.05, 4.69) is 15.4 Å². The minimum atomic E-state index is -0.356. The molecule has 0 spiro atoms. The van der Waals surface area contributed by atoms with E-state index in [0.717, 1.165) is 0 Å². The summed E-state index contributed by atoms with van der Waals surface area (Å²) in [6.07, 6.45) is 1.60. The molecule has 0 saturated carbocycles. The van der Waals surface area contributed by atoms with Gasteiger partial charge in [-0.2, -0.15) is 5.10 Å². The fraction of sp³-hybridized carbons (Fsp3) is 0.235. The molecule has 0 radical (unpaired) electrons. The van der Waals surface area contributed by atoms with E-state index in [0.29, 0.717) is 41.0 Å². The molecule has 1 aromatic carbocycles. The highest BCUT2D eigenvalue weighted by molar-refractivity contribution is 6.06. The largest absolute Gasteiger partial charge is 0.383 e. The van der Waals surface area contributed by atoms with E-state index in [4.69, 9.17) is 4.74 Å². The Bertz CT molecular complexity index is 891. The molecule has 0 aliphatic rings. The number of hydrogen-bond donors (Lipinski definition) is 1. The zero-order valence-corrected chi connectivity index (χ0v) is 13.4. The van der Waals surface area contributed by atoms with Crippen LogP contribution in [0.2, 0.25) is 0 Å². The van der Waals surface area contributed by atoms with Crippen molar-refractivity contribution in [2.45, 2.75) is 0 Å². The number of nitrogens with one attached hydrogen (secondary N) is 1. The molecule has 1 amide bonds. The van der Waals surface area contributed by atoms with Crippen LogP contribution in [0.25, 0.3) is 22.3 Å². The van der Waals surface area contributed by atoms with Crippen LogP contribution in [0.4, 0.5) is 4.39 Å². The Morgan fingerprint density at radius 1 is 1.38 bits per heavy atom. The number of fused-ring (bicyclic) bond motifs is 1. The number of amides is 1. The van der Waals surface area contributed by atoms with Gasteiger partial charge in [-0.05, 0) is 18.2 Å². The van der Waals surface area contributed by atoms with E-state index in [-0.39, 0.29) is 11.7 Å². The molecule has 3 rings (SSSR count). The summed E-state index contributed by atoms with van der Waals surface area (Å²) in [7, 11) is 3.32. The molecular formula is C17H17FN4O2. The van der Waals surface area contributed by atoms with E-state index >= 15 is 0 Å². The minimum Gasteiger partial charge on any atom is -0.383 e. The predicted molar refractivity (Wildman–Crippen MR) is 88.1 cm³/mol. The third kappa shape index (κ3) is 3.11. The number of benzene rings is 1. The van der Waals surface area contributed by atoms with Crippen molar-refractivity contribution >= 4 is 16.9 Å². The molecule has 124 valence electrons. The molecule has 6 nitrogen and oxygen atoms in total. The van der Waals surface area contributed by atoms with Crippen molar-refractivity contribution < 1.29 is 13.9 Å². The second-order valence-electron chi connectivity index (χ2n) is 5.32. The molecular weight excluding hydrogens is 311 g/mol. The van der Waals surface area contributed by atoms with Gasteiger partial charge in [0.1, 0.15) is 5.82 Å². The van der Waals surface area contributed by atoms with E-state index < -0.39 is 0 Å². The summed E-state index contributed by atoms with van der Waals surface area (Å²) in [4.78, 5) is 17.0. The first-order valence-corrected chi connectivity index (χ1v) is 7.46. The number of pyridine rings is 1. The van der Waals surface area contributed by atoms with Crippen LogP contribution in [0.5, 0.6) is 0 Å². The van der Waals surface area contributed by atoms with Crippen molar-refractivity contribution in [1.29, 1.82) is 0 Å². The van der Waals surface area contributed by atoms with Crippen molar-refractivity contribution in [3.8, 4) is 11.3 Å².